The molecule has 2 aromatic rings. The molecule has 1 atom stereocenters. The average Bonchev–Trinajstić information content (AvgIpc) is 3.06. The number of anilines is 1. The van der Waals surface area contributed by atoms with Crippen LogP contribution in [0.1, 0.15) is 30.9 Å². The van der Waals surface area contributed by atoms with Gasteiger partial charge in [0.2, 0.25) is 11.8 Å². The second kappa shape index (κ2) is 8.65. The van der Waals surface area contributed by atoms with Crippen molar-refractivity contribution in [2.75, 3.05) is 18.0 Å². The normalized spacial score (nSPS) is 16.7. The molecule has 0 spiro atoms. The Morgan fingerprint density at radius 3 is 2.46 bits per heavy atom. The van der Waals surface area contributed by atoms with Crippen LogP contribution >= 0.6 is 0 Å². The Labute approximate surface area is 155 Å². The molecule has 1 aliphatic rings. The monoisotopic (exact) mass is 350 g/mol. The molecule has 0 bridgehead atoms. The lowest BCUT2D eigenvalue weighted by molar-refractivity contribution is -0.121. The third-order valence-corrected chi connectivity index (χ3v) is 4.93. The minimum absolute atomic E-state index is 0.0511. The molecular formula is C22H26N2O2. The summed E-state index contributed by atoms with van der Waals surface area (Å²) in [6.07, 6.45) is 2.75. The van der Waals surface area contributed by atoms with Crippen molar-refractivity contribution in [1.29, 1.82) is 0 Å². The van der Waals surface area contributed by atoms with Gasteiger partial charge in [-0.3, -0.25) is 9.59 Å². The number of nitrogens with zero attached hydrogens (tertiary/aromatic N) is 1. The fourth-order valence-corrected chi connectivity index (χ4v) is 3.32. The molecule has 4 nitrogen and oxygen atoms in total. The van der Waals surface area contributed by atoms with E-state index >= 15 is 0 Å². The van der Waals surface area contributed by atoms with Crippen LogP contribution in [0, 0.1) is 5.92 Å². The van der Waals surface area contributed by atoms with Crippen LogP contribution in [0.25, 0.3) is 0 Å². The summed E-state index contributed by atoms with van der Waals surface area (Å²) in [7, 11) is 0. The summed E-state index contributed by atoms with van der Waals surface area (Å²) in [4.78, 5) is 26.1. The average molecular weight is 350 g/mol. The van der Waals surface area contributed by atoms with Crippen molar-refractivity contribution in [2.45, 2.75) is 32.6 Å². The van der Waals surface area contributed by atoms with Crippen LogP contribution in [0.4, 0.5) is 5.69 Å². The maximum absolute atomic E-state index is 12.2. The molecular weight excluding hydrogens is 324 g/mol. The quantitative estimate of drug-likeness (QED) is 0.832. The van der Waals surface area contributed by atoms with Crippen LogP contribution in [-0.2, 0) is 22.4 Å². The van der Waals surface area contributed by atoms with Crippen LogP contribution in [0.2, 0.25) is 0 Å². The maximum Gasteiger partial charge on any atom is 0.227 e. The summed E-state index contributed by atoms with van der Waals surface area (Å²) in [6, 6.07) is 18.1. The van der Waals surface area contributed by atoms with Crippen molar-refractivity contribution < 1.29 is 9.59 Å². The van der Waals surface area contributed by atoms with Gasteiger partial charge in [-0.05, 0) is 36.1 Å². The van der Waals surface area contributed by atoms with Gasteiger partial charge in [0.05, 0.1) is 0 Å². The lowest BCUT2D eigenvalue weighted by Crippen LogP contribution is -2.31. The van der Waals surface area contributed by atoms with E-state index in [1.54, 1.807) is 0 Å². The first-order valence-electron chi connectivity index (χ1n) is 9.35. The Balaban J connectivity index is 1.42. The first-order chi connectivity index (χ1) is 12.7. The van der Waals surface area contributed by atoms with E-state index in [0.29, 0.717) is 25.9 Å². The van der Waals surface area contributed by atoms with E-state index in [2.05, 4.69) is 36.5 Å². The standard InChI is InChI=1S/C22H26N2O2/c1-2-17-8-10-18(11-9-17)12-13-21(25)23-15-19-14-22(26)24(16-19)20-6-4-3-5-7-20/h3-11,19H,2,12-16H2,1H3,(H,23,25). The van der Waals surface area contributed by atoms with E-state index in [1.165, 1.54) is 11.1 Å². The summed E-state index contributed by atoms with van der Waals surface area (Å²) in [5, 5.41) is 2.99. The summed E-state index contributed by atoms with van der Waals surface area (Å²) in [6.45, 7) is 3.36. The second-order valence-electron chi connectivity index (χ2n) is 6.88. The fourth-order valence-electron chi connectivity index (χ4n) is 3.32. The van der Waals surface area contributed by atoms with Crippen molar-refractivity contribution in [3.8, 4) is 0 Å². The summed E-state index contributed by atoms with van der Waals surface area (Å²) in [5.74, 6) is 0.358. The van der Waals surface area contributed by atoms with Crippen molar-refractivity contribution in [3.05, 3.63) is 65.7 Å². The summed E-state index contributed by atoms with van der Waals surface area (Å²) in [5.41, 5.74) is 3.43. The minimum Gasteiger partial charge on any atom is -0.356 e. The molecule has 136 valence electrons. The fraction of sp³-hybridized carbons (Fsp3) is 0.364. The van der Waals surface area contributed by atoms with Gasteiger partial charge >= 0.3 is 0 Å². The van der Waals surface area contributed by atoms with Gasteiger partial charge in [-0.15, -0.1) is 0 Å². The number of nitrogens with one attached hydrogen (secondary N) is 1. The van der Waals surface area contributed by atoms with Crippen molar-refractivity contribution in [1.82, 2.24) is 5.32 Å². The van der Waals surface area contributed by atoms with Gasteiger partial charge in [0, 0.05) is 37.5 Å². The molecule has 1 N–H and O–H groups in total. The zero-order valence-electron chi connectivity index (χ0n) is 15.3. The first kappa shape index (κ1) is 18.2. The Bertz CT molecular complexity index is 740. The third kappa shape index (κ3) is 4.72. The molecule has 1 unspecified atom stereocenters. The molecule has 1 saturated heterocycles. The van der Waals surface area contributed by atoms with Crippen LogP contribution in [0.15, 0.2) is 54.6 Å². The Morgan fingerprint density at radius 2 is 1.77 bits per heavy atom. The lowest BCUT2D eigenvalue weighted by atomic mass is 10.1. The minimum atomic E-state index is 0.0511. The maximum atomic E-state index is 12.2. The van der Waals surface area contributed by atoms with Gasteiger partial charge in [-0.2, -0.15) is 0 Å². The smallest absolute Gasteiger partial charge is 0.227 e. The van der Waals surface area contributed by atoms with Gasteiger partial charge < -0.3 is 10.2 Å². The highest BCUT2D eigenvalue weighted by Gasteiger charge is 2.30. The molecule has 2 aromatic carbocycles. The zero-order chi connectivity index (χ0) is 18.4. The third-order valence-electron chi connectivity index (χ3n) is 4.93. The van der Waals surface area contributed by atoms with Gasteiger partial charge in [0.1, 0.15) is 0 Å². The van der Waals surface area contributed by atoms with Gasteiger partial charge in [0.15, 0.2) is 0 Å². The number of amides is 2. The number of para-hydroxylation sites is 1. The van der Waals surface area contributed by atoms with Gasteiger partial charge in [-0.1, -0.05) is 49.4 Å². The number of carbonyl (C=O) groups excluding carboxylic acids is 2. The topological polar surface area (TPSA) is 49.4 Å². The number of rotatable bonds is 7. The summed E-state index contributed by atoms with van der Waals surface area (Å²) < 4.78 is 0. The summed E-state index contributed by atoms with van der Waals surface area (Å²) >= 11 is 0. The number of hydrogen-bond donors (Lipinski definition) is 1. The molecule has 0 saturated carbocycles. The Kier molecular flexibility index (Phi) is 6.05. The molecule has 1 heterocycles. The number of hydrogen-bond acceptors (Lipinski definition) is 2. The van der Waals surface area contributed by atoms with Crippen LogP contribution in [-0.4, -0.2) is 24.9 Å². The molecule has 2 amide bonds. The molecule has 1 aliphatic heterocycles. The SMILES string of the molecule is CCc1ccc(CCC(=O)NCC2CC(=O)N(c3ccccc3)C2)cc1. The van der Waals surface area contributed by atoms with E-state index in [4.69, 9.17) is 0 Å². The van der Waals surface area contributed by atoms with E-state index in [9.17, 15) is 9.59 Å². The predicted molar refractivity (Wildman–Crippen MR) is 104 cm³/mol. The van der Waals surface area contributed by atoms with Crippen LogP contribution in [0.3, 0.4) is 0 Å². The molecule has 0 aliphatic carbocycles. The van der Waals surface area contributed by atoms with E-state index < -0.39 is 0 Å². The molecule has 26 heavy (non-hydrogen) atoms. The van der Waals surface area contributed by atoms with Gasteiger partial charge in [-0.25, -0.2) is 0 Å². The zero-order valence-corrected chi connectivity index (χ0v) is 15.3. The van der Waals surface area contributed by atoms with Gasteiger partial charge in [0.25, 0.3) is 0 Å². The van der Waals surface area contributed by atoms with Crippen LogP contribution in [0.5, 0.6) is 0 Å². The van der Waals surface area contributed by atoms with Crippen LogP contribution < -0.4 is 10.2 Å². The number of benzene rings is 2. The predicted octanol–water partition coefficient (Wildman–Crippen LogP) is 3.35. The van der Waals surface area contributed by atoms with E-state index in [-0.39, 0.29) is 17.7 Å². The van der Waals surface area contributed by atoms with E-state index in [1.807, 2.05) is 35.2 Å². The highest BCUT2D eigenvalue weighted by molar-refractivity contribution is 5.95. The highest BCUT2D eigenvalue weighted by atomic mass is 16.2. The van der Waals surface area contributed by atoms with Crippen molar-refractivity contribution in [3.63, 3.8) is 0 Å². The molecule has 1 fully saturated rings. The Morgan fingerprint density at radius 1 is 1.08 bits per heavy atom. The number of carbonyl (C=O) groups is 2. The molecule has 3 rings (SSSR count). The second-order valence-corrected chi connectivity index (χ2v) is 6.88. The number of aryl methyl sites for hydroxylation is 2. The van der Waals surface area contributed by atoms with Crippen molar-refractivity contribution in [2.24, 2.45) is 5.92 Å². The van der Waals surface area contributed by atoms with Crippen molar-refractivity contribution >= 4 is 17.5 Å². The highest BCUT2D eigenvalue weighted by Crippen LogP contribution is 2.24. The first-order valence-corrected chi connectivity index (χ1v) is 9.35. The largest absolute Gasteiger partial charge is 0.356 e. The lowest BCUT2D eigenvalue weighted by Gasteiger charge is -2.16. The molecule has 0 aromatic heterocycles. The molecule has 4 heteroatoms. The van der Waals surface area contributed by atoms with E-state index in [0.717, 1.165) is 18.5 Å². The Hall–Kier alpha value is -2.62. The molecule has 0 radical (unpaired) electrons.